The average Bonchev–Trinajstić information content (AvgIpc) is 2.33. The maximum Gasteiger partial charge on any atom is 0.245 e. The van der Waals surface area contributed by atoms with Crippen LogP contribution in [0.15, 0.2) is 36.5 Å². The van der Waals surface area contributed by atoms with Gasteiger partial charge in [-0.15, -0.1) is 0 Å². The van der Waals surface area contributed by atoms with Crippen molar-refractivity contribution < 1.29 is 4.79 Å². The van der Waals surface area contributed by atoms with Gasteiger partial charge in [0.1, 0.15) is 6.04 Å². The van der Waals surface area contributed by atoms with Crippen molar-refractivity contribution in [1.82, 2.24) is 4.90 Å². The van der Waals surface area contributed by atoms with E-state index in [1.54, 1.807) is 17.1 Å². The van der Waals surface area contributed by atoms with Gasteiger partial charge in [0.25, 0.3) is 0 Å². The molecule has 3 unspecified atom stereocenters. The number of amides is 1. The molecule has 0 aromatic carbocycles. The van der Waals surface area contributed by atoms with E-state index in [-0.39, 0.29) is 12.1 Å². The molecule has 0 bridgehead atoms. The van der Waals surface area contributed by atoms with Crippen LogP contribution >= 0.6 is 0 Å². The fourth-order valence-electron chi connectivity index (χ4n) is 1.86. The fourth-order valence-corrected chi connectivity index (χ4v) is 1.86. The van der Waals surface area contributed by atoms with Gasteiger partial charge < -0.3 is 16.4 Å². The zero-order valence-electron chi connectivity index (χ0n) is 10.5. The molecule has 1 saturated heterocycles. The minimum atomic E-state index is -0.664. The normalized spacial score (nSPS) is 26.8. The largest absolute Gasteiger partial charge is 0.325 e. The summed E-state index contributed by atoms with van der Waals surface area (Å²) >= 11 is 0. The summed E-state index contributed by atoms with van der Waals surface area (Å²) in [6.07, 6.45) is 6.84. The standard InChI is InChI=1S/C13H21N3O/c1-4-6-10(7-5-2)11(14)13(17)16-8-9(3)12(16)15/h4-7,9,11-12H,1,8,14-15H2,2-3H3/b7-5-,10-6+. The van der Waals surface area contributed by atoms with E-state index in [9.17, 15) is 4.79 Å². The molecule has 1 rings (SSSR count). The Morgan fingerprint density at radius 2 is 2.24 bits per heavy atom. The number of nitrogens with two attached hydrogens (primary N) is 2. The summed E-state index contributed by atoms with van der Waals surface area (Å²) in [6, 6.07) is -0.664. The molecular formula is C13H21N3O. The third-order valence-electron chi connectivity index (χ3n) is 3.01. The highest BCUT2D eigenvalue weighted by molar-refractivity contribution is 5.86. The van der Waals surface area contributed by atoms with E-state index >= 15 is 0 Å². The lowest BCUT2D eigenvalue weighted by molar-refractivity contribution is -0.143. The van der Waals surface area contributed by atoms with E-state index in [1.807, 2.05) is 26.0 Å². The summed E-state index contributed by atoms with van der Waals surface area (Å²) in [4.78, 5) is 13.7. The van der Waals surface area contributed by atoms with Gasteiger partial charge in [0.05, 0.1) is 6.17 Å². The molecule has 0 radical (unpaired) electrons. The number of likely N-dealkylation sites (tertiary alicyclic amines) is 1. The molecule has 4 nitrogen and oxygen atoms in total. The topological polar surface area (TPSA) is 72.4 Å². The Morgan fingerprint density at radius 3 is 2.65 bits per heavy atom. The third-order valence-corrected chi connectivity index (χ3v) is 3.01. The van der Waals surface area contributed by atoms with Crippen molar-refractivity contribution in [1.29, 1.82) is 0 Å². The van der Waals surface area contributed by atoms with Gasteiger partial charge in [-0.1, -0.05) is 37.8 Å². The van der Waals surface area contributed by atoms with Crippen molar-refractivity contribution in [2.75, 3.05) is 6.54 Å². The molecule has 0 aromatic heterocycles. The molecule has 0 aliphatic carbocycles. The van der Waals surface area contributed by atoms with E-state index in [0.29, 0.717) is 12.5 Å². The second-order valence-corrected chi connectivity index (χ2v) is 4.34. The zero-order chi connectivity index (χ0) is 13.0. The number of hydrogen-bond donors (Lipinski definition) is 2. The van der Waals surface area contributed by atoms with Crippen molar-refractivity contribution in [2.24, 2.45) is 17.4 Å². The van der Waals surface area contributed by atoms with Crippen LogP contribution in [0.4, 0.5) is 0 Å². The summed E-state index contributed by atoms with van der Waals surface area (Å²) in [7, 11) is 0. The SMILES string of the molecule is C=C/C=C(\C=C/C)C(N)C(=O)N1CC(C)C1N. The number of allylic oxidation sites excluding steroid dienone is 3. The molecule has 0 saturated carbocycles. The highest BCUT2D eigenvalue weighted by atomic mass is 16.2. The number of nitrogens with zero attached hydrogens (tertiary/aromatic N) is 1. The van der Waals surface area contributed by atoms with Gasteiger partial charge in [-0.3, -0.25) is 4.79 Å². The zero-order valence-corrected chi connectivity index (χ0v) is 10.5. The first-order valence-corrected chi connectivity index (χ1v) is 5.79. The second kappa shape index (κ2) is 5.80. The molecule has 1 amide bonds. The van der Waals surface area contributed by atoms with Crippen molar-refractivity contribution in [2.45, 2.75) is 26.1 Å². The first-order chi connectivity index (χ1) is 8.02. The van der Waals surface area contributed by atoms with Crippen LogP contribution in [-0.2, 0) is 4.79 Å². The first kappa shape index (κ1) is 13.7. The maximum atomic E-state index is 12.1. The van der Waals surface area contributed by atoms with Crippen molar-refractivity contribution in [3.8, 4) is 0 Å². The Morgan fingerprint density at radius 1 is 1.59 bits per heavy atom. The van der Waals surface area contributed by atoms with Gasteiger partial charge in [-0.25, -0.2) is 0 Å². The van der Waals surface area contributed by atoms with Gasteiger partial charge >= 0.3 is 0 Å². The summed E-state index contributed by atoms with van der Waals surface area (Å²) in [5.41, 5.74) is 12.5. The van der Waals surface area contributed by atoms with E-state index in [0.717, 1.165) is 5.57 Å². The molecule has 4 N–H and O–H groups in total. The Kier molecular flexibility index (Phi) is 4.66. The quantitative estimate of drug-likeness (QED) is 0.707. The maximum absolute atomic E-state index is 12.1. The summed E-state index contributed by atoms with van der Waals surface area (Å²) in [5.74, 6) is 0.224. The molecule has 0 spiro atoms. The van der Waals surface area contributed by atoms with Crippen molar-refractivity contribution in [3.63, 3.8) is 0 Å². The molecule has 1 aliphatic heterocycles. The highest BCUT2D eigenvalue weighted by Gasteiger charge is 2.38. The van der Waals surface area contributed by atoms with E-state index in [1.165, 1.54) is 0 Å². The molecule has 1 aliphatic rings. The summed E-state index contributed by atoms with van der Waals surface area (Å²) in [6.45, 7) is 8.20. The molecule has 17 heavy (non-hydrogen) atoms. The van der Waals surface area contributed by atoms with Gasteiger partial charge in [0.15, 0.2) is 0 Å². The van der Waals surface area contributed by atoms with Gasteiger partial charge in [0, 0.05) is 12.5 Å². The molecule has 1 heterocycles. The second-order valence-electron chi connectivity index (χ2n) is 4.34. The Balaban J connectivity index is 2.75. The Bertz CT molecular complexity index is 360. The van der Waals surface area contributed by atoms with Crippen molar-refractivity contribution in [3.05, 3.63) is 36.5 Å². The third kappa shape index (κ3) is 2.84. The molecule has 94 valence electrons. The van der Waals surface area contributed by atoms with Gasteiger partial charge in [-0.2, -0.15) is 0 Å². The van der Waals surface area contributed by atoms with E-state index in [4.69, 9.17) is 11.5 Å². The van der Waals surface area contributed by atoms with Crippen LogP contribution < -0.4 is 11.5 Å². The number of carbonyl (C=O) groups is 1. The van der Waals surface area contributed by atoms with Crippen LogP contribution in [0.3, 0.4) is 0 Å². The van der Waals surface area contributed by atoms with Crippen LogP contribution in [0.2, 0.25) is 0 Å². The van der Waals surface area contributed by atoms with Gasteiger partial charge in [0.2, 0.25) is 5.91 Å². The highest BCUT2D eigenvalue weighted by Crippen LogP contribution is 2.22. The van der Waals surface area contributed by atoms with Crippen LogP contribution in [0.25, 0.3) is 0 Å². The number of carbonyl (C=O) groups excluding carboxylic acids is 1. The van der Waals surface area contributed by atoms with Crippen LogP contribution in [-0.4, -0.2) is 29.6 Å². The molecule has 1 fully saturated rings. The van der Waals surface area contributed by atoms with Gasteiger partial charge in [-0.05, 0) is 12.5 Å². The average molecular weight is 235 g/mol. The molecular weight excluding hydrogens is 214 g/mol. The monoisotopic (exact) mass is 235 g/mol. The lowest BCUT2D eigenvalue weighted by Crippen LogP contribution is -2.65. The minimum absolute atomic E-state index is 0.123. The van der Waals surface area contributed by atoms with Crippen LogP contribution in [0.5, 0.6) is 0 Å². The first-order valence-electron chi connectivity index (χ1n) is 5.79. The minimum Gasteiger partial charge on any atom is -0.325 e. The van der Waals surface area contributed by atoms with E-state index < -0.39 is 6.04 Å². The molecule has 4 heteroatoms. The fraction of sp³-hybridized carbons (Fsp3) is 0.462. The number of rotatable bonds is 4. The summed E-state index contributed by atoms with van der Waals surface area (Å²) in [5, 5.41) is 0. The van der Waals surface area contributed by atoms with E-state index in [2.05, 4.69) is 6.58 Å². The molecule has 0 aromatic rings. The Labute approximate surface area is 103 Å². The summed E-state index contributed by atoms with van der Waals surface area (Å²) < 4.78 is 0. The Hall–Kier alpha value is -1.39. The predicted molar refractivity (Wildman–Crippen MR) is 69.9 cm³/mol. The van der Waals surface area contributed by atoms with Crippen LogP contribution in [0.1, 0.15) is 13.8 Å². The predicted octanol–water partition coefficient (Wildman–Crippen LogP) is 0.765. The molecule has 3 atom stereocenters. The lowest BCUT2D eigenvalue weighted by Gasteiger charge is -2.45. The number of hydrogen-bond acceptors (Lipinski definition) is 3. The van der Waals surface area contributed by atoms with Crippen LogP contribution in [0, 0.1) is 5.92 Å². The lowest BCUT2D eigenvalue weighted by atomic mass is 9.95. The van der Waals surface area contributed by atoms with Crippen molar-refractivity contribution >= 4 is 5.91 Å². The smallest absolute Gasteiger partial charge is 0.245 e.